The summed E-state index contributed by atoms with van der Waals surface area (Å²) in [5.74, 6) is -0.396. The number of benzene rings is 4. The van der Waals surface area contributed by atoms with E-state index < -0.39 is 43.0 Å². The number of esters is 1. The Kier molecular flexibility index (Phi) is 14.9. The lowest BCUT2D eigenvalue weighted by atomic mass is 9.94. The van der Waals surface area contributed by atoms with Gasteiger partial charge in [0.2, 0.25) is 0 Å². The van der Waals surface area contributed by atoms with Crippen LogP contribution < -0.4 is 5.32 Å². The van der Waals surface area contributed by atoms with Crippen LogP contribution in [0.25, 0.3) is 0 Å². The molecule has 4 aromatic carbocycles. The van der Waals surface area contributed by atoms with Crippen molar-refractivity contribution >= 4 is 5.97 Å². The molecule has 0 heterocycles. The van der Waals surface area contributed by atoms with E-state index in [1.807, 2.05) is 121 Å². The molecule has 0 saturated carbocycles. The maximum Gasteiger partial charge on any atom is 0.307 e. The number of hydrogen-bond acceptors (Lipinski definition) is 8. The number of hydrogen-bond donors (Lipinski definition) is 3. The van der Waals surface area contributed by atoms with Crippen molar-refractivity contribution in [3.8, 4) is 0 Å². The molecule has 8 nitrogen and oxygen atoms in total. The molecule has 0 aliphatic heterocycles. The first-order valence-corrected chi connectivity index (χ1v) is 15.8. The molecule has 0 aliphatic rings. The van der Waals surface area contributed by atoms with Crippen molar-refractivity contribution in [3.63, 3.8) is 0 Å². The van der Waals surface area contributed by atoms with Crippen LogP contribution in [-0.2, 0) is 50.1 Å². The number of ether oxygens (including phenoxy) is 4. The molecular weight excluding hydrogens is 582 g/mol. The molecule has 46 heavy (non-hydrogen) atoms. The van der Waals surface area contributed by atoms with E-state index in [1.54, 1.807) is 6.92 Å². The van der Waals surface area contributed by atoms with Gasteiger partial charge in [0, 0.05) is 12.6 Å². The standard InChI is InChI=1S/C38H45NO7/c1-2-43-35(42)23-33(39-24-29-15-7-3-8-16-29)36(44-26-30-17-9-4-10-18-30)38(46-28-32-21-13-6-14-22-32)37(34(41)25-40)45-27-31-19-11-5-12-20-31/h3-22,33-34,36-41H,2,23-28H2,1H3/t33-,34+,36-,37+,38+/m0/s1. The summed E-state index contributed by atoms with van der Waals surface area (Å²) in [6.07, 6.45) is -4.08. The van der Waals surface area contributed by atoms with Gasteiger partial charge in [0.15, 0.2) is 0 Å². The van der Waals surface area contributed by atoms with Crippen molar-refractivity contribution in [2.45, 2.75) is 70.2 Å². The van der Waals surface area contributed by atoms with Gasteiger partial charge in [0.1, 0.15) is 24.4 Å². The second-order valence-corrected chi connectivity index (χ2v) is 11.0. The van der Waals surface area contributed by atoms with Crippen molar-refractivity contribution in [3.05, 3.63) is 144 Å². The lowest BCUT2D eigenvalue weighted by Gasteiger charge is -2.39. The highest BCUT2D eigenvalue weighted by Gasteiger charge is 2.41. The second kappa shape index (κ2) is 19.6. The zero-order valence-corrected chi connectivity index (χ0v) is 26.3. The average Bonchev–Trinajstić information content (AvgIpc) is 3.10. The molecule has 4 aromatic rings. The van der Waals surface area contributed by atoms with Gasteiger partial charge in [-0.1, -0.05) is 121 Å². The fraction of sp³-hybridized carbons (Fsp3) is 0.342. The summed E-state index contributed by atoms with van der Waals surface area (Å²) in [4.78, 5) is 13.0. The van der Waals surface area contributed by atoms with E-state index >= 15 is 0 Å². The number of aliphatic hydroxyl groups excluding tert-OH is 2. The van der Waals surface area contributed by atoms with Crippen LogP contribution in [0.15, 0.2) is 121 Å². The third kappa shape index (κ3) is 11.5. The molecule has 0 aliphatic carbocycles. The highest BCUT2D eigenvalue weighted by atomic mass is 16.6. The number of aliphatic hydroxyl groups is 2. The van der Waals surface area contributed by atoms with Gasteiger partial charge >= 0.3 is 5.97 Å². The molecule has 0 saturated heterocycles. The molecule has 0 spiro atoms. The normalized spacial score (nSPS) is 14.6. The number of carbonyl (C=O) groups excluding carboxylic acids is 1. The van der Waals surface area contributed by atoms with E-state index in [2.05, 4.69) is 5.32 Å². The molecule has 0 radical (unpaired) electrons. The summed E-state index contributed by atoms with van der Waals surface area (Å²) in [5, 5.41) is 25.0. The van der Waals surface area contributed by atoms with Crippen molar-refractivity contribution < 1.29 is 34.0 Å². The molecule has 0 unspecified atom stereocenters. The minimum Gasteiger partial charge on any atom is -0.466 e. The number of nitrogens with one attached hydrogen (secondary N) is 1. The topological polar surface area (TPSA) is 106 Å². The van der Waals surface area contributed by atoms with Gasteiger partial charge in [-0.05, 0) is 29.2 Å². The largest absolute Gasteiger partial charge is 0.466 e. The fourth-order valence-corrected chi connectivity index (χ4v) is 5.19. The lowest BCUT2D eigenvalue weighted by molar-refractivity contribution is -0.191. The quantitative estimate of drug-likeness (QED) is 0.115. The smallest absolute Gasteiger partial charge is 0.307 e. The molecule has 0 fully saturated rings. The van der Waals surface area contributed by atoms with Crippen LogP contribution in [0, 0.1) is 0 Å². The maximum absolute atomic E-state index is 13.0. The second-order valence-electron chi connectivity index (χ2n) is 11.0. The minimum absolute atomic E-state index is 0.0219. The van der Waals surface area contributed by atoms with E-state index in [0.29, 0.717) is 6.54 Å². The molecule has 8 heteroatoms. The Bertz CT molecular complexity index is 1380. The fourth-order valence-electron chi connectivity index (χ4n) is 5.19. The van der Waals surface area contributed by atoms with Crippen LogP contribution in [0.3, 0.4) is 0 Å². The zero-order chi connectivity index (χ0) is 32.4. The first-order chi connectivity index (χ1) is 22.6. The van der Waals surface area contributed by atoms with Crippen molar-refractivity contribution in [1.29, 1.82) is 0 Å². The molecular formula is C38H45NO7. The molecule has 244 valence electrons. The van der Waals surface area contributed by atoms with Gasteiger partial charge in [-0.25, -0.2) is 0 Å². The summed E-state index contributed by atoms with van der Waals surface area (Å²) in [6, 6.07) is 38.2. The van der Waals surface area contributed by atoms with Crippen LogP contribution >= 0.6 is 0 Å². The van der Waals surface area contributed by atoms with Gasteiger partial charge in [-0.2, -0.15) is 0 Å². The predicted octanol–water partition coefficient (Wildman–Crippen LogP) is 5.21. The van der Waals surface area contributed by atoms with Crippen LogP contribution in [0.2, 0.25) is 0 Å². The van der Waals surface area contributed by atoms with Crippen molar-refractivity contribution in [2.24, 2.45) is 0 Å². The Labute approximate surface area is 271 Å². The van der Waals surface area contributed by atoms with Crippen LogP contribution in [0.4, 0.5) is 0 Å². The van der Waals surface area contributed by atoms with Gasteiger partial charge in [-0.3, -0.25) is 4.79 Å². The van der Waals surface area contributed by atoms with Crippen molar-refractivity contribution in [1.82, 2.24) is 5.32 Å². The van der Waals surface area contributed by atoms with E-state index in [0.717, 1.165) is 22.3 Å². The highest BCUT2D eigenvalue weighted by molar-refractivity contribution is 5.70. The Hall–Kier alpha value is -3.89. The summed E-state index contributed by atoms with van der Waals surface area (Å²) in [6.45, 7) is 2.45. The molecule has 0 bridgehead atoms. The van der Waals surface area contributed by atoms with Crippen LogP contribution in [0.1, 0.15) is 35.6 Å². The first kappa shape index (κ1) is 35.0. The van der Waals surface area contributed by atoms with Gasteiger partial charge < -0.3 is 34.5 Å². The zero-order valence-electron chi connectivity index (χ0n) is 26.3. The summed E-state index contributed by atoms with van der Waals surface area (Å²) < 4.78 is 25.0. The monoisotopic (exact) mass is 627 g/mol. The number of carbonyl (C=O) groups is 1. The molecule has 4 rings (SSSR count). The molecule has 0 amide bonds. The first-order valence-electron chi connectivity index (χ1n) is 15.8. The minimum atomic E-state index is -1.30. The van der Waals surface area contributed by atoms with Gasteiger partial charge in [-0.15, -0.1) is 0 Å². The SMILES string of the molecule is CCOC(=O)C[C@H](NCc1ccccc1)[C@H](OCc1ccccc1)[C@@H](OCc1ccccc1)[C@H](OCc1ccccc1)[C@H](O)CO. The van der Waals surface area contributed by atoms with Gasteiger partial charge in [0.25, 0.3) is 0 Å². The summed E-state index contributed by atoms with van der Waals surface area (Å²) in [5.41, 5.74) is 3.75. The average molecular weight is 628 g/mol. The van der Waals surface area contributed by atoms with E-state index in [1.165, 1.54) is 0 Å². The predicted molar refractivity (Wildman–Crippen MR) is 176 cm³/mol. The summed E-state index contributed by atoms with van der Waals surface area (Å²) >= 11 is 0. The lowest BCUT2D eigenvalue weighted by Crippen LogP contribution is -2.57. The molecule has 5 atom stereocenters. The Morgan fingerprint density at radius 2 is 1.04 bits per heavy atom. The Morgan fingerprint density at radius 3 is 1.48 bits per heavy atom. The van der Waals surface area contributed by atoms with E-state index in [-0.39, 0.29) is 32.8 Å². The third-order valence-electron chi connectivity index (χ3n) is 7.57. The Morgan fingerprint density at radius 1 is 0.630 bits per heavy atom. The van der Waals surface area contributed by atoms with Crippen LogP contribution in [-0.4, -0.2) is 59.9 Å². The highest BCUT2D eigenvalue weighted by Crippen LogP contribution is 2.25. The van der Waals surface area contributed by atoms with Gasteiger partial charge in [0.05, 0.1) is 39.5 Å². The molecule has 3 N–H and O–H groups in total. The van der Waals surface area contributed by atoms with Crippen molar-refractivity contribution in [2.75, 3.05) is 13.2 Å². The Balaban J connectivity index is 1.73. The summed E-state index contributed by atoms with van der Waals surface area (Å²) in [7, 11) is 0. The third-order valence-corrected chi connectivity index (χ3v) is 7.57. The van der Waals surface area contributed by atoms with E-state index in [9.17, 15) is 15.0 Å². The van der Waals surface area contributed by atoms with Crippen LogP contribution in [0.5, 0.6) is 0 Å². The maximum atomic E-state index is 13.0. The molecule has 0 aromatic heterocycles. The van der Waals surface area contributed by atoms with E-state index in [4.69, 9.17) is 18.9 Å². The number of rotatable bonds is 20.